The van der Waals surface area contributed by atoms with Crippen molar-refractivity contribution in [1.29, 1.82) is 0 Å². The number of tetrazole rings is 1. The molecule has 0 spiro atoms. The Morgan fingerprint density at radius 1 is 1.59 bits per heavy atom. The summed E-state index contributed by atoms with van der Waals surface area (Å²) >= 11 is 0. The summed E-state index contributed by atoms with van der Waals surface area (Å²) in [4.78, 5) is 12.3. The average Bonchev–Trinajstić information content (AvgIpc) is 2.97. The Balaban J connectivity index is 1.98. The second-order valence-corrected chi connectivity index (χ2v) is 4.75. The molecule has 3 N–H and O–H groups in total. The Morgan fingerprint density at radius 2 is 2.41 bits per heavy atom. The molecule has 0 saturated carbocycles. The molecule has 1 aromatic heterocycles. The van der Waals surface area contributed by atoms with Crippen LogP contribution in [0.3, 0.4) is 0 Å². The fourth-order valence-corrected chi connectivity index (χ4v) is 2.25. The molecule has 2 rings (SSSR count). The molecule has 0 bridgehead atoms. The third-order valence-corrected chi connectivity index (χ3v) is 3.54. The van der Waals surface area contributed by atoms with E-state index in [4.69, 9.17) is 0 Å². The van der Waals surface area contributed by atoms with Gasteiger partial charge in [0.15, 0.2) is 5.82 Å². The van der Waals surface area contributed by atoms with Gasteiger partial charge in [-0.2, -0.15) is 5.21 Å². The van der Waals surface area contributed by atoms with Gasteiger partial charge in [0.1, 0.15) is 0 Å². The van der Waals surface area contributed by atoms with Crippen molar-refractivity contribution in [3.05, 3.63) is 5.82 Å². The Morgan fingerprint density at radius 3 is 2.94 bits per heavy atom. The highest BCUT2D eigenvalue weighted by molar-refractivity contribution is 5.83. The van der Waals surface area contributed by atoms with Crippen molar-refractivity contribution < 1.29 is 4.79 Å². The maximum absolute atomic E-state index is 12.3. The molecule has 7 nitrogen and oxygen atoms in total. The highest BCUT2D eigenvalue weighted by Gasteiger charge is 2.43. The summed E-state index contributed by atoms with van der Waals surface area (Å²) in [5.74, 6) is 0.883. The standard InChI is InChI=1S/C10H18N6O/c1-7(2)10(3-4-11-6-10)9(17)12-5-8-13-15-16-14-8/h7,11H,3-6H2,1-2H3,(H,12,17)(H,13,14,15,16). The largest absolute Gasteiger partial charge is 0.348 e. The minimum Gasteiger partial charge on any atom is -0.348 e. The van der Waals surface area contributed by atoms with Crippen molar-refractivity contribution in [3.63, 3.8) is 0 Å². The number of carbonyl (C=O) groups excluding carboxylic acids is 1. The molecule has 1 aliphatic rings. The minimum absolute atomic E-state index is 0.0716. The Kier molecular flexibility index (Phi) is 3.37. The number of rotatable bonds is 4. The molecule has 2 heterocycles. The molecular weight excluding hydrogens is 220 g/mol. The molecule has 1 aromatic rings. The number of nitrogens with one attached hydrogen (secondary N) is 3. The molecule has 1 atom stereocenters. The molecule has 0 aliphatic carbocycles. The average molecular weight is 238 g/mol. The van der Waals surface area contributed by atoms with Crippen molar-refractivity contribution in [2.24, 2.45) is 11.3 Å². The predicted octanol–water partition coefficient (Wildman–Crippen LogP) is -0.548. The van der Waals surface area contributed by atoms with Crippen molar-refractivity contribution in [3.8, 4) is 0 Å². The van der Waals surface area contributed by atoms with E-state index in [1.165, 1.54) is 0 Å². The molecule has 0 aromatic carbocycles. The van der Waals surface area contributed by atoms with E-state index in [1.807, 2.05) is 0 Å². The summed E-state index contributed by atoms with van der Waals surface area (Å²) in [6.07, 6.45) is 0.878. The molecule has 1 aliphatic heterocycles. The molecule has 1 amide bonds. The molecule has 1 saturated heterocycles. The summed E-state index contributed by atoms with van der Waals surface area (Å²) in [6.45, 7) is 6.13. The van der Waals surface area contributed by atoms with Gasteiger partial charge in [0, 0.05) is 6.54 Å². The van der Waals surface area contributed by atoms with Gasteiger partial charge in [-0.1, -0.05) is 19.1 Å². The first-order chi connectivity index (χ1) is 8.15. The lowest BCUT2D eigenvalue weighted by molar-refractivity contribution is -0.132. The second-order valence-electron chi connectivity index (χ2n) is 4.75. The zero-order valence-corrected chi connectivity index (χ0v) is 10.2. The highest BCUT2D eigenvalue weighted by atomic mass is 16.2. The van der Waals surface area contributed by atoms with Crippen LogP contribution in [0, 0.1) is 11.3 Å². The van der Waals surface area contributed by atoms with Crippen LogP contribution in [0.5, 0.6) is 0 Å². The van der Waals surface area contributed by atoms with Gasteiger partial charge in [-0.15, -0.1) is 10.2 Å². The van der Waals surface area contributed by atoms with Crippen LogP contribution in [0.15, 0.2) is 0 Å². The van der Waals surface area contributed by atoms with Crippen LogP contribution >= 0.6 is 0 Å². The zero-order chi connectivity index (χ0) is 12.3. The summed E-state index contributed by atoms with van der Waals surface area (Å²) in [5.41, 5.74) is -0.302. The van der Waals surface area contributed by atoms with Crippen molar-refractivity contribution in [2.75, 3.05) is 13.1 Å². The van der Waals surface area contributed by atoms with E-state index in [9.17, 15) is 4.79 Å². The number of nitrogens with zero attached hydrogens (tertiary/aromatic N) is 3. The molecule has 0 radical (unpaired) electrons. The number of hydrogen-bond donors (Lipinski definition) is 3. The first-order valence-electron chi connectivity index (χ1n) is 5.86. The molecule has 17 heavy (non-hydrogen) atoms. The Labute approximate surface area is 99.7 Å². The number of H-pyrrole nitrogens is 1. The van der Waals surface area contributed by atoms with Gasteiger partial charge in [-0.05, 0) is 18.9 Å². The SMILES string of the molecule is CC(C)C1(C(=O)NCc2nn[nH]n2)CCNC1. The van der Waals surface area contributed by atoms with Crippen molar-refractivity contribution in [1.82, 2.24) is 31.3 Å². The van der Waals surface area contributed by atoms with Gasteiger partial charge in [0.2, 0.25) is 5.91 Å². The van der Waals surface area contributed by atoms with Gasteiger partial charge in [-0.25, -0.2) is 0 Å². The van der Waals surface area contributed by atoms with Crippen LogP contribution in [0.2, 0.25) is 0 Å². The maximum atomic E-state index is 12.3. The lowest BCUT2D eigenvalue weighted by atomic mass is 9.75. The lowest BCUT2D eigenvalue weighted by Gasteiger charge is -2.30. The maximum Gasteiger partial charge on any atom is 0.228 e. The molecule has 1 unspecified atom stereocenters. The predicted molar refractivity (Wildman–Crippen MR) is 60.8 cm³/mol. The van der Waals surface area contributed by atoms with Crippen LogP contribution in [0.25, 0.3) is 0 Å². The smallest absolute Gasteiger partial charge is 0.228 e. The van der Waals surface area contributed by atoms with Crippen LogP contribution in [0.1, 0.15) is 26.1 Å². The topological polar surface area (TPSA) is 95.6 Å². The van der Waals surface area contributed by atoms with E-state index in [0.717, 1.165) is 19.5 Å². The van der Waals surface area contributed by atoms with E-state index in [1.54, 1.807) is 0 Å². The third-order valence-electron chi connectivity index (χ3n) is 3.54. The van der Waals surface area contributed by atoms with Crippen LogP contribution < -0.4 is 10.6 Å². The monoisotopic (exact) mass is 238 g/mol. The Hall–Kier alpha value is -1.50. The normalized spacial score (nSPS) is 24.2. The van der Waals surface area contributed by atoms with Crippen LogP contribution in [0.4, 0.5) is 0 Å². The summed E-state index contributed by atoms with van der Waals surface area (Å²) < 4.78 is 0. The van der Waals surface area contributed by atoms with E-state index in [-0.39, 0.29) is 11.3 Å². The first kappa shape index (κ1) is 12.0. The fourth-order valence-electron chi connectivity index (χ4n) is 2.25. The van der Waals surface area contributed by atoms with Crippen molar-refractivity contribution in [2.45, 2.75) is 26.8 Å². The van der Waals surface area contributed by atoms with E-state index < -0.39 is 0 Å². The molecular formula is C10H18N6O. The second kappa shape index (κ2) is 4.79. The summed E-state index contributed by atoms with van der Waals surface area (Å²) in [5, 5.41) is 19.6. The summed E-state index contributed by atoms with van der Waals surface area (Å²) in [7, 11) is 0. The minimum atomic E-state index is -0.302. The van der Waals surface area contributed by atoms with Gasteiger partial charge in [0.05, 0.1) is 12.0 Å². The molecule has 7 heteroatoms. The first-order valence-corrected chi connectivity index (χ1v) is 5.86. The highest BCUT2D eigenvalue weighted by Crippen LogP contribution is 2.34. The van der Waals surface area contributed by atoms with Crippen molar-refractivity contribution >= 4 is 5.91 Å². The number of hydrogen-bond acceptors (Lipinski definition) is 5. The molecule has 94 valence electrons. The van der Waals surface area contributed by atoms with Gasteiger partial charge in [-0.3, -0.25) is 4.79 Å². The number of amides is 1. The fraction of sp³-hybridized carbons (Fsp3) is 0.800. The quantitative estimate of drug-likeness (QED) is 0.654. The third kappa shape index (κ3) is 2.28. The number of carbonyl (C=O) groups is 1. The van der Waals surface area contributed by atoms with Gasteiger partial charge >= 0.3 is 0 Å². The van der Waals surface area contributed by atoms with Crippen LogP contribution in [-0.2, 0) is 11.3 Å². The molecule has 1 fully saturated rings. The van der Waals surface area contributed by atoms with Gasteiger partial charge < -0.3 is 10.6 Å². The number of aromatic amines is 1. The van der Waals surface area contributed by atoms with E-state index in [2.05, 4.69) is 45.1 Å². The zero-order valence-electron chi connectivity index (χ0n) is 10.2. The number of aromatic nitrogens is 4. The van der Waals surface area contributed by atoms with Gasteiger partial charge in [0.25, 0.3) is 0 Å². The lowest BCUT2D eigenvalue weighted by Crippen LogP contribution is -2.45. The Bertz CT molecular complexity index is 368. The van der Waals surface area contributed by atoms with E-state index in [0.29, 0.717) is 18.3 Å². The van der Waals surface area contributed by atoms with E-state index >= 15 is 0 Å². The summed E-state index contributed by atoms with van der Waals surface area (Å²) in [6, 6.07) is 0. The van der Waals surface area contributed by atoms with Crippen LogP contribution in [-0.4, -0.2) is 39.6 Å².